The number of hydrogen-bond acceptors (Lipinski definition) is 3. The van der Waals surface area contributed by atoms with Crippen molar-refractivity contribution < 1.29 is 9.18 Å². The molecule has 0 bridgehead atoms. The SMILES string of the molecule is C[C@@H]1c2ccccc2C(F)CN1C(=O)c1cc(C2CCC2)n2nc(Br)cc2n1. The van der Waals surface area contributed by atoms with Crippen molar-refractivity contribution in [1.29, 1.82) is 0 Å². The zero-order chi connectivity index (χ0) is 19.4. The first-order chi connectivity index (χ1) is 13.5. The summed E-state index contributed by atoms with van der Waals surface area (Å²) in [7, 11) is 0. The highest BCUT2D eigenvalue weighted by Crippen LogP contribution is 2.39. The second kappa shape index (κ2) is 6.65. The maximum atomic E-state index is 14.8. The quantitative estimate of drug-likeness (QED) is 0.561. The third-order valence-corrected chi connectivity index (χ3v) is 6.42. The highest BCUT2D eigenvalue weighted by Gasteiger charge is 2.35. The van der Waals surface area contributed by atoms with Crippen molar-refractivity contribution in [3.8, 4) is 0 Å². The average molecular weight is 443 g/mol. The molecule has 28 heavy (non-hydrogen) atoms. The van der Waals surface area contributed by atoms with Gasteiger partial charge in [0.15, 0.2) is 5.65 Å². The molecule has 0 radical (unpaired) electrons. The minimum absolute atomic E-state index is 0.0472. The number of aromatic nitrogens is 3. The predicted molar refractivity (Wildman–Crippen MR) is 107 cm³/mol. The van der Waals surface area contributed by atoms with Gasteiger partial charge in [0.05, 0.1) is 12.6 Å². The fourth-order valence-electron chi connectivity index (χ4n) is 4.25. The molecule has 5 nitrogen and oxygen atoms in total. The van der Waals surface area contributed by atoms with Crippen LogP contribution in [0.25, 0.3) is 5.65 Å². The smallest absolute Gasteiger partial charge is 0.273 e. The second-order valence-electron chi connectivity index (χ2n) is 7.66. The zero-order valence-corrected chi connectivity index (χ0v) is 17.1. The first kappa shape index (κ1) is 17.8. The Kier molecular flexibility index (Phi) is 4.23. The number of carbonyl (C=O) groups excluding carboxylic acids is 1. The number of alkyl halides is 1. The molecule has 1 saturated carbocycles. The molecule has 2 aromatic heterocycles. The van der Waals surface area contributed by atoms with Gasteiger partial charge in [-0.05, 0) is 52.9 Å². The van der Waals surface area contributed by atoms with E-state index in [0.29, 0.717) is 27.4 Å². The van der Waals surface area contributed by atoms with Gasteiger partial charge in [-0.15, -0.1) is 0 Å². The Hall–Kier alpha value is -2.28. The van der Waals surface area contributed by atoms with Crippen LogP contribution >= 0.6 is 15.9 Å². The number of fused-ring (bicyclic) bond motifs is 2. The fraction of sp³-hybridized carbons (Fsp3) is 0.381. The van der Waals surface area contributed by atoms with Gasteiger partial charge in [-0.25, -0.2) is 13.9 Å². The molecule has 1 aliphatic heterocycles. The molecule has 0 spiro atoms. The van der Waals surface area contributed by atoms with Crippen molar-refractivity contribution in [3.63, 3.8) is 0 Å². The van der Waals surface area contributed by atoms with Crippen LogP contribution in [0, 0.1) is 0 Å². The van der Waals surface area contributed by atoms with Gasteiger partial charge < -0.3 is 4.90 Å². The molecule has 2 atom stereocenters. The van der Waals surface area contributed by atoms with Crippen LogP contribution in [0.15, 0.2) is 41.0 Å². The summed E-state index contributed by atoms with van der Waals surface area (Å²) >= 11 is 3.40. The third kappa shape index (κ3) is 2.75. The average Bonchev–Trinajstić information content (AvgIpc) is 3.03. The van der Waals surface area contributed by atoms with Crippen LogP contribution in [0.1, 0.15) is 71.6 Å². The van der Waals surface area contributed by atoms with E-state index in [9.17, 15) is 9.18 Å². The molecule has 0 saturated heterocycles. The number of benzene rings is 1. The van der Waals surface area contributed by atoms with Gasteiger partial charge in [0.25, 0.3) is 5.91 Å². The van der Waals surface area contributed by atoms with Crippen molar-refractivity contribution >= 4 is 27.5 Å². The summed E-state index contributed by atoms with van der Waals surface area (Å²) < 4.78 is 17.3. The summed E-state index contributed by atoms with van der Waals surface area (Å²) in [5, 5.41) is 4.47. The normalized spacial score (nSPS) is 22.2. The van der Waals surface area contributed by atoms with Gasteiger partial charge in [0.2, 0.25) is 0 Å². The van der Waals surface area contributed by atoms with Crippen molar-refractivity contribution in [2.75, 3.05) is 6.54 Å². The van der Waals surface area contributed by atoms with E-state index in [-0.39, 0.29) is 18.5 Å². The summed E-state index contributed by atoms with van der Waals surface area (Å²) in [6, 6.07) is 10.9. The van der Waals surface area contributed by atoms with Crippen LogP contribution in [0.5, 0.6) is 0 Å². The molecule has 1 unspecified atom stereocenters. The van der Waals surface area contributed by atoms with Gasteiger partial charge in [-0.2, -0.15) is 5.10 Å². The molecule has 1 fully saturated rings. The van der Waals surface area contributed by atoms with Crippen LogP contribution in [0.2, 0.25) is 0 Å². The highest BCUT2D eigenvalue weighted by molar-refractivity contribution is 9.10. The zero-order valence-electron chi connectivity index (χ0n) is 15.5. The first-order valence-electron chi connectivity index (χ1n) is 9.63. The van der Waals surface area contributed by atoms with E-state index in [0.717, 1.165) is 24.1 Å². The summed E-state index contributed by atoms with van der Waals surface area (Å²) in [5.41, 5.74) is 3.55. The van der Waals surface area contributed by atoms with Crippen LogP contribution in [0.4, 0.5) is 4.39 Å². The van der Waals surface area contributed by atoms with Crippen molar-refractivity contribution in [2.24, 2.45) is 0 Å². The number of hydrogen-bond donors (Lipinski definition) is 0. The summed E-state index contributed by atoms with van der Waals surface area (Å²) in [6.45, 7) is 2.00. The van der Waals surface area contributed by atoms with Crippen molar-refractivity contribution in [2.45, 2.75) is 44.3 Å². The van der Waals surface area contributed by atoms with Gasteiger partial charge >= 0.3 is 0 Å². The third-order valence-electron chi connectivity index (χ3n) is 6.04. The largest absolute Gasteiger partial charge is 0.327 e. The second-order valence-corrected chi connectivity index (χ2v) is 8.47. The topological polar surface area (TPSA) is 50.5 Å². The lowest BCUT2D eigenvalue weighted by Crippen LogP contribution is -2.40. The van der Waals surface area contributed by atoms with Crippen molar-refractivity contribution in [1.82, 2.24) is 19.5 Å². The van der Waals surface area contributed by atoms with Crippen LogP contribution < -0.4 is 0 Å². The molecular formula is C21H20BrFN4O. The lowest BCUT2D eigenvalue weighted by atomic mass is 9.82. The molecule has 7 heteroatoms. The van der Waals surface area contributed by atoms with E-state index in [1.165, 1.54) is 6.42 Å². The Bertz CT molecular complexity index is 1080. The van der Waals surface area contributed by atoms with Gasteiger partial charge in [-0.3, -0.25) is 4.79 Å². The predicted octanol–water partition coefficient (Wildman–Crippen LogP) is 4.99. The summed E-state index contributed by atoms with van der Waals surface area (Å²) in [4.78, 5) is 19.5. The van der Waals surface area contributed by atoms with E-state index in [1.54, 1.807) is 11.0 Å². The highest BCUT2D eigenvalue weighted by atomic mass is 79.9. The Labute approximate surface area is 170 Å². The molecule has 1 amide bonds. The first-order valence-corrected chi connectivity index (χ1v) is 10.4. The maximum absolute atomic E-state index is 14.8. The van der Waals surface area contributed by atoms with Crippen molar-refractivity contribution in [3.05, 3.63) is 63.5 Å². The molecule has 1 aromatic carbocycles. The molecule has 144 valence electrons. The number of carbonyl (C=O) groups is 1. The summed E-state index contributed by atoms with van der Waals surface area (Å²) in [6.07, 6.45) is 2.17. The van der Waals surface area contributed by atoms with E-state index < -0.39 is 6.17 Å². The van der Waals surface area contributed by atoms with Gasteiger partial charge in [0.1, 0.15) is 16.5 Å². The van der Waals surface area contributed by atoms with E-state index >= 15 is 0 Å². The Morgan fingerprint density at radius 1 is 1.21 bits per heavy atom. The van der Waals surface area contributed by atoms with Crippen LogP contribution in [-0.4, -0.2) is 31.9 Å². The minimum atomic E-state index is -1.18. The molecule has 1 aliphatic carbocycles. The lowest BCUT2D eigenvalue weighted by Gasteiger charge is -2.37. The van der Waals surface area contributed by atoms with E-state index in [4.69, 9.17) is 0 Å². The maximum Gasteiger partial charge on any atom is 0.273 e. The van der Waals surface area contributed by atoms with E-state index in [1.807, 2.05) is 41.8 Å². The molecular weight excluding hydrogens is 423 g/mol. The summed E-state index contributed by atoms with van der Waals surface area (Å²) in [5.74, 6) is 0.155. The molecule has 3 aromatic rings. The standard InChI is InChI=1S/C21H20BrFN4O/c1-12-14-7-2-3-8-15(14)16(23)11-26(12)21(28)17-9-18(13-5-4-6-13)27-20(24-17)10-19(22)25-27/h2-3,7-10,12-13,16H,4-6,11H2,1H3/t12-,16?/m1/s1. The Balaban J connectivity index is 1.56. The monoisotopic (exact) mass is 442 g/mol. The van der Waals surface area contributed by atoms with E-state index in [2.05, 4.69) is 26.0 Å². The fourth-order valence-corrected chi connectivity index (χ4v) is 4.62. The van der Waals surface area contributed by atoms with Gasteiger partial charge in [-0.1, -0.05) is 30.7 Å². The van der Waals surface area contributed by atoms with Gasteiger partial charge in [0, 0.05) is 17.7 Å². The minimum Gasteiger partial charge on any atom is -0.327 e. The van der Waals surface area contributed by atoms with Crippen LogP contribution in [0.3, 0.4) is 0 Å². The molecule has 2 aliphatic rings. The number of rotatable bonds is 2. The number of nitrogens with zero attached hydrogens (tertiary/aromatic N) is 4. The number of halogens is 2. The molecule has 3 heterocycles. The number of amides is 1. The Morgan fingerprint density at radius 3 is 2.68 bits per heavy atom. The molecule has 5 rings (SSSR count). The van der Waals surface area contributed by atoms with Crippen LogP contribution in [-0.2, 0) is 0 Å². The molecule has 0 N–H and O–H groups in total. The lowest BCUT2D eigenvalue weighted by molar-refractivity contribution is 0.0584. The Morgan fingerprint density at radius 2 is 1.96 bits per heavy atom.